The lowest BCUT2D eigenvalue weighted by Crippen LogP contribution is -2.14. The maximum Gasteiger partial charge on any atom is 0.0956 e. The monoisotopic (exact) mass is 779 g/mol. The first-order valence-corrected chi connectivity index (χ1v) is 20.8. The number of fused-ring (bicyclic) bond motifs is 6. The van der Waals surface area contributed by atoms with Crippen molar-refractivity contribution >= 4 is 77.5 Å². The average Bonchev–Trinajstić information content (AvgIpc) is 3.33. The molecule has 12 rings (SSSR count). The van der Waals surface area contributed by atoms with Crippen LogP contribution in [0.25, 0.3) is 93.8 Å². The van der Waals surface area contributed by atoms with E-state index in [-0.39, 0.29) is 0 Å². The van der Waals surface area contributed by atoms with E-state index in [4.69, 9.17) is 19.9 Å². The number of rotatable bonds is 6. The van der Waals surface area contributed by atoms with Gasteiger partial charge in [0.25, 0.3) is 0 Å². The molecule has 7 aromatic carbocycles. The molecule has 0 spiro atoms. The number of hydrogen-bond acceptors (Lipinski definition) is 5. The molecule has 5 nitrogen and oxygen atoms in total. The van der Waals surface area contributed by atoms with E-state index in [0.717, 1.165) is 107 Å². The van der Waals surface area contributed by atoms with Crippen LogP contribution in [-0.4, -0.2) is 19.9 Å². The van der Waals surface area contributed by atoms with Crippen LogP contribution in [0.1, 0.15) is 17.5 Å². The molecule has 286 valence electrons. The van der Waals surface area contributed by atoms with E-state index in [1.807, 2.05) is 49.1 Å². The Balaban J connectivity index is 1.22. The van der Waals surface area contributed by atoms with Crippen LogP contribution in [0.15, 0.2) is 195 Å². The molecule has 61 heavy (non-hydrogen) atoms. The second-order valence-corrected chi connectivity index (χ2v) is 15.7. The summed E-state index contributed by atoms with van der Waals surface area (Å²) in [6.45, 7) is 0. The minimum Gasteiger partial charge on any atom is -0.305 e. The van der Waals surface area contributed by atoms with Crippen molar-refractivity contribution in [2.75, 3.05) is 4.90 Å². The van der Waals surface area contributed by atoms with Crippen molar-refractivity contribution in [2.24, 2.45) is 0 Å². The number of hydrogen-bond donors (Lipinski definition) is 0. The fourth-order valence-electron chi connectivity index (χ4n) is 9.49. The standard InChI is InChI=1S/C56H37N5/c1-2-13-36(14-3-1)41-19-8-20-44(35-41)61(55-47-23-11-29-57-51(47)49(45-21-9-31-59-53(45)55)42-27-25-37-15-4-6-17-39(37)33-42)56-48-24-12-30-58-52(48)50(46-22-10-32-60-54(46)56)43-28-26-38-16-5-7-18-40(38)34-43/h1-6,8-17,19-35H,7,18H2. The molecule has 0 bridgehead atoms. The Hall–Kier alpha value is -8.02. The number of allylic oxidation sites excluding steroid dienone is 1. The largest absolute Gasteiger partial charge is 0.305 e. The minimum atomic E-state index is 0.865. The topological polar surface area (TPSA) is 54.8 Å². The van der Waals surface area contributed by atoms with Crippen molar-refractivity contribution < 1.29 is 0 Å². The molecule has 0 atom stereocenters. The van der Waals surface area contributed by atoms with Crippen molar-refractivity contribution in [3.63, 3.8) is 0 Å². The zero-order valence-corrected chi connectivity index (χ0v) is 33.2. The SMILES string of the molecule is C1=Cc2ccc(-c3c4cccnc4c(N(c4cccc(-c5ccccc5)c4)c4c5cccnc5c(-c5ccc6ccccc6c5)c5cccnc45)c4cccnc34)cc2CC1. The van der Waals surface area contributed by atoms with Gasteiger partial charge in [-0.1, -0.05) is 121 Å². The molecule has 0 saturated heterocycles. The first-order chi connectivity index (χ1) is 30.3. The molecule has 0 saturated carbocycles. The third kappa shape index (κ3) is 5.77. The Morgan fingerprint density at radius 1 is 0.393 bits per heavy atom. The van der Waals surface area contributed by atoms with Gasteiger partial charge in [0.05, 0.1) is 33.4 Å². The molecule has 0 fully saturated rings. The van der Waals surface area contributed by atoms with Crippen LogP contribution in [0.4, 0.5) is 17.1 Å². The number of benzene rings is 7. The molecule has 4 aromatic heterocycles. The van der Waals surface area contributed by atoms with Gasteiger partial charge < -0.3 is 4.90 Å². The smallest absolute Gasteiger partial charge is 0.0956 e. The van der Waals surface area contributed by atoms with E-state index in [1.165, 1.54) is 21.9 Å². The average molecular weight is 780 g/mol. The van der Waals surface area contributed by atoms with Crippen LogP contribution in [0.3, 0.4) is 0 Å². The van der Waals surface area contributed by atoms with Gasteiger partial charge in [0, 0.05) is 63.1 Å². The Labute approximate surface area is 353 Å². The highest BCUT2D eigenvalue weighted by molar-refractivity contribution is 6.25. The van der Waals surface area contributed by atoms with Crippen molar-refractivity contribution in [2.45, 2.75) is 12.8 Å². The number of pyridine rings is 4. The van der Waals surface area contributed by atoms with E-state index in [9.17, 15) is 0 Å². The van der Waals surface area contributed by atoms with Gasteiger partial charge in [-0.2, -0.15) is 0 Å². The molecule has 0 aliphatic heterocycles. The van der Waals surface area contributed by atoms with Crippen LogP contribution in [0.5, 0.6) is 0 Å². The zero-order chi connectivity index (χ0) is 40.3. The summed E-state index contributed by atoms with van der Waals surface area (Å²) in [6.07, 6.45) is 14.2. The molecule has 0 radical (unpaired) electrons. The van der Waals surface area contributed by atoms with Crippen LogP contribution in [0, 0.1) is 0 Å². The maximum atomic E-state index is 5.30. The maximum absolute atomic E-state index is 5.30. The summed E-state index contributed by atoms with van der Waals surface area (Å²) in [5.74, 6) is 0. The first-order valence-electron chi connectivity index (χ1n) is 20.8. The quantitative estimate of drug-likeness (QED) is 0.157. The zero-order valence-electron chi connectivity index (χ0n) is 33.2. The van der Waals surface area contributed by atoms with Crippen LogP contribution < -0.4 is 4.90 Å². The van der Waals surface area contributed by atoms with Crippen molar-refractivity contribution in [1.29, 1.82) is 0 Å². The number of aryl methyl sites for hydroxylation is 1. The summed E-state index contributed by atoms with van der Waals surface area (Å²) >= 11 is 0. The number of aromatic nitrogens is 4. The van der Waals surface area contributed by atoms with E-state index in [0.29, 0.717) is 0 Å². The number of anilines is 3. The molecule has 0 N–H and O–H groups in total. The minimum absolute atomic E-state index is 0.865. The van der Waals surface area contributed by atoms with Gasteiger partial charge in [-0.05, 0) is 112 Å². The number of nitrogens with zero attached hydrogens (tertiary/aromatic N) is 5. The predicted molar refractivity (Wildman–Crippen MR) is 253 cm³/mol. The predicted octanol–water partition coefficient (Wildman–Crippen LogP) is 14.5. The second-order valence-electron chi connectivity index (χ2n) is 15.7. The highest BCUT2D eigenvalue weighted by atomic mass is 15.2. The molecule has 1 aliphatic rings. The van der Waals surface area contributed by atoms with Gasteiger partial charge in [-0.15, -0.1) is 0 Å². The second kappa shape index (κ2) is 14.4. The summed E-state index contributed by atoms with van der Waals surface area (Å²) < 4.78 is 0. The Morgan fingerprint density at radius 3 is 1.66 bits per heavy atom. The first kappa shape index (κ1) is 35.0. The van der Waals surface area contributed by atoms with E-state index in [1.54, 1.807) is 0 Å². The highest BCUT2D eigenvalue weighted by Crippen LogP contribution is 2.52. The lowest BCUT2D eigenvalue weighted by molar-refractivity contribution is 0.986. The van der Waals surface area contributed by atoms with E-state index >= 15 is 0 Å². The van der Waals surface area contributed by atoms with Gasteiger partial charge in [0.15, 0.2) is 0 Å². The molecule has 11 aromatic rings. The van der Waals surface area contributed by atoms with Gasteiger partial charge in [-0.25, -0.2) is 0 Å². The molecule has 4 heterocycles. The summed E-state index contributed by atoms with van der Waals surface area (Å²) in [4.78, 5) is 23.4. The van der Waals surface area contributed by atoms with Crippen molar-refractivity contribution in [3.8, 4) is 33.4 Å². The lowest BCUT2D eigenvalue weighted by atomic mass is 9.89. The fraction of sp³-hybridized carbons (Fsp3) is 0.0357. The molecular formula is C56H37N5. The molecule has 5 heteroatoms. The third-order valence-electron chi connectivity index (χ3n) is 12.2. The van der Waals surface area contributed by atoms with E-state index < -0.39 is 0 Å². The van der Waals surface area contributed by atoms with Crippen LogP contribution >= 0.6 is 0 Å². The summed E-state index contributed by atoms with van der Waals surface area (Å²) in [5, 5.41) is 6.40. The summed E-state index contributed by atoms with van der Waals surface area (Å²) in [5.41, 5.74) is 15.6. The molecule has 1 aliphatic carbocycles. The van der Waals surface area contributed by atoms with Gasteiger partial charge >= 0.3 is 0 Å². The normalized spacial score (nSPS) is 12.4. The Bertz CT molecular complexity index is 3440. The van der Waals surface area contributed by atoms with Crippen LogP contribution in [-0.2, 0) is 6.42 Å². The molecule has 0 amide bonds. The van der Waals surface area contributed by atoms with Gasteiger partial charge in [0.1, 0.15) is 0 Å². The van der Waals surface area contributed by atoms with Gasteiger partial charge in [-0.3, -0.25) is 19.9 Å². The Morgan fingerprint density at radius 2 is 0.967 bits per heavy atom. The lowest BCUT2D eigenvalue weighted by Gasteiger charge is -2.31. The van der Waals surface area contributed by atoms with Crippen LogP contribution in [0.2, 0.25) is 0 Å². The van der Waals surface area contributed by atoms with E-state index in [2.05, 4.69) is 157 Å². The fourth-order valence-corrected chi connectivity index (χ4v) is 9.49. The Kier molecular flexibility index (Phi) is 8.23. The highest BCUT2D eigenvalue weighted by Gasteiger charge is 2.29. The van der Waals surface area contributed by atoms with Crippen molar-refractivity contribution in [1.82, 2.24) is 19.9 Å². The van der Waals surface area contributed by atoms with Gasteiger partial charge in [0.2, 0.25) is 0 Å². The van der Waals surface area contributed by atoms with Crippen molar-refractivity contribution in [3.05, 3.63) is 206 Å². The third-order valence-corrected chi connectivity index (χ3v) is 12.2. The summed E-state index contributed by atoms with van der Waals surface area (Å²) in [6, 6.07) is 58.4. The summed E-state index contributed by atoms with van der Waals surface area (Å²) in [7, 11) is 0. The molecule has 0 unspecified atom stereocenters. The molecular weight excluding hydrogens is 743 g/mol.